The summed E-state index contributed by atoms with van der Waals surface area (Å²) in [6, 6.07) is 0. The molecule has 2 radical (unpaired) electrons. The van der Waals surface area contributed by atoms with E-state index in [-0.39, 0.29) is 52.8 Å². The number of hydrogen-bond acceptors (Lipinski definition) is 2. The molecule has 0 spiro atoms. The average molecular weight is 827 g/mol. The summed E-state index contributed by atoms with van der Waals surface area (Å²) in [6.45, 7) is 44.4. The van der Waals surface area contributed by atoms with Crippen LogP contribution in [0.15, 0.2) is 0 Å². The molecule has 0 aliphatic rings. The average Bonchev–Trinajstić information content (AvgIpc) is 2.61. The number of hydrogen-bond donors (Lipinski definition) is 0. The Morgan fingerprint density at radius 1 is 0.412 bits per heavy atom. The second-order valence-electron chi connectivity index (χ2n) is 13.1. The Morgan fingerprint density at radius 3 is 0.618 bits per heavy atom. The molecule has 0 bridgehead atoms. The van der Waals surface area contributed by atoms with Crippen molar-refractivity contribution in [3.05, 3.63) is 0 Å². The first-order chi connectivity index (χ1) is 14.7. The Balaban J connectivity index is -0.000000247. The largest absolute Gasteiger partial charge is 0 e. The van der Waals surface area contributed by atoms with Crippen molar-refractivity contribution in [2.75, 3.05) is 37.0 Å². The summed E-state index contributed by atoms with van der Waals surface area (Å²) in [5.41, 5.74) is 0. The molecule has 0 saturated heterocycles. The summed E-state index contributed by atoms with van der Waals surface area (Å²) in [5.74, 6) is 0. The van der Waals surface area contributed by atoms with Crippen molar-refractivity contribution < 1.29 is 21.1 Å². The maximum Gasteiger partial charge on any atom is 0 e. The van der Waals surface area contributed by atoms with Crippen LogP contribution in [0.5, 0.6) is 0 Å². The molecule has 34 heavy (non-hydrogen) atoms. The zero-order chi connectivity index (χ0) is 27.3. The summed E-state index contributed by atoms with van der Waals surface area (Å²) in [7, 11) is -4.48. The van der Waals surface area contributed by atoms with Gasteiger partial charge in [0.25, 0.3) is 0 Å². The fraction of sp³-hybridized carbons (Fsp3) is 1.00. The molecule has 0 fully saturated rings. The summed E-state index contributed by atoms with van der Waals surface area (Å²) < 4.78 is 6.13. The topological polar surface area (TPSA) is 6.48 Å². The molecular formula is C24H68GeN2P2PtSi4+2. The van der Waals surface area contributed by atoms with E-state index >= 15 is 0 Å². The molecule has 0 aromatic heterocycles. The van der Waals surface area contributed by atoms with Crippen LogP contribution in [0.1, 0.15) is 41.5 Å². The Morgan fingerprint density at radius 2 is 0.559 bits per heavy atom. The minimum Gasteiger partial charge on any atom is 0 e. The Labute approximate surface area is 247 Å². The Kier molecular flexibility index (Phi) is 26.8. The maximum atomic E-state index is 3.07. The third kappa shape index (κ3) is 21.8. The molecule has 0 rings (SSSR count). The van der Waals surface area contributed by atoms with Crippen LogP contribution in [0.25, 0.3) is 0 Å². The summed E-state index contributed by atoms with van der Waals surface area (Å²) >= 11 is -0.114. The van der Waals surface area contributed by atoms with Gasteiger partial charge < -0.3 is 0 Å². The van der Waals surface area contributed by atoms with Gasteiger partial charge >= 0.3 is 134 Å². The van der Waals surface area contributed by atoms with Crippen molar-refractivity contribution in [3.8, 4) is 0 Å². The van der Waals surface area contributed by atoms with E-state index in [1.807, 2.05) is 0 Å². The second kappa shape index (κ2) is 20.7. The van der Waals surface area contributed by atoms with Gasteiger partial charge in [0.15, 0.2) is 0 Å². The molecule has 0 aromatic carbocycles. The molecule has 0 aromatic rings. The first-order valence-corrected chi connectivity index (χ1v) is 33.6. The second-order valence-corrected chi connectivity index (χ2v) is 46.4. The molecule has 0 heterocycles. The third-order valence-corrected chi connectivity index (χ3v) is 45.1. The fourth-order valence-corrected chi connectivity index (χ4v) is 36.6. The van der Waals surface area contributed by atoms with Gasteiger partial charge in [-0.3, -0.25) is 0 Å². The molecule has 2 nitrogen and oxygen atoms in total. The first kappa shape index (κ1) is 43.9. The van der Waals surface area contributed by atoms with E-state index in [4.69, 9.17) is 0 Å². The van der Waals surface area contributed by atoms with Crippen LogP contribution in [-0.2, 0) is 21.1 Å². The van der Waals surface area contributed by atoms with Gasteiger partial charge in [0.05, 0.1) is 37.0 Å². The molecule has 0 aliphatic heterocycles. The van der Waals surface area contributed by atoms with Gasteiger partial charge in [-0.15, -0.1) is 0 Å². The van der Waals surface area contributed by atoms with Crippen molar-refractivity contribution in [2.24, 2.45) is 0 Å². The van der Waals surface area contributed by atoms with Gasteiger partial charge in [0.1, 0.15) is 0 Å². The zero-order valence-electron chi connectivity index (χ0n) is 27.0. The van der Waals surface area contributed by atoms with E-state index in [1.165, 1.54) is 37.0 Å². The normalized spacial score (nSPS) is 12.9. The molecule has 0 saturated carbocycles. The minimum absolute atomic E-state index is 0. The van der Waals surface area contributed by atoms with Crippen LogP contribution in [0, 0.1) is 0 Å². The van der Waals surface area contributed by atoms with Crippen molar-refractivity contribution >= 4 is 64.7 Å². The maximum absolute atomic E-state index is 3.07. The predicted octanol–water partition coefficient (Wildman–Crippen LogP) is 8.98. The predicted molar refractivity (Wildman–Crippen MR) is 183 cm³/mol. The third-order valence-electron chi connectivity index (χ3n) is 5.88. The van der Waals surface area contributed by atoms with E-state index in [9.17, 15) is 0 Å². The fourth-order valence-electron chi connectivity index (χ4n) is 4.21. The number of nitrogens with zero attached hydrogens (tertiary/aromatic N) is 2. The van der Waals surface area contributed by atoms with Crippen LogP contribution in [0.4, 0.5) is 0 Å². The molecule has 10 heteroatoms. The molecule has 212 valence electrons. The molecule has 0 aliphatic carbocycles. The van der Waals surface area contributed by atoms with Crippen molar-refractivity contribution in [3.63, 3.8) is 0 Å². The van der Waals surface area contributed by atoms with Crippen LogP contribution in [0.3, 0.4) is 0 Å². The molecular weight excluding hydrogens is 758 g/mol. The van der Waals surface area contributed by atoms with Crippen LogP contribution >= 0.6 is 15.8 Å². The van der Waals surface area contributed by atoms with Crippen molar-refractivity contribution in [2.45, 2.75) is 120 Å². The zero-order valence-corrected chi connectivity index (χ0v) is 37.3. The smallest absolute Gasteiger partial charge is 0 e. The van der Waals surface area contributed by atoms with E-state index in [2.05, 4.69) is 126 Å². The number of rotatable bonds is 12. The van der Waals surface area contributed by atoms with E-state index in [0.29, 0.717) is 0 Å². The van der Waals surface area contributed by atoms with Gasteiger partial charge in [-0.2, -0.15) is 0 Å². The van der Waals surface area contributed by atoms with Gasteiger partial charge in [-0.25, -0.2) is 0 Å². The van der Waals surface area contributed by atoms with Gasteiger partial charge in [-0.05, 0) is 57.4 Å². The summed E-state index contributed by atoms with van der Waals surface area (Å²) in [5, 5.41) is 0. The molecule has 0 amide bonds. The van der Waals surface area contributed by atoms with Gasteiger partial charge in [0.2, 0.25) is 0 Å². The van der Waals surface area contributed by atoms with Crippen LogP contribution < -0.4 is 0 Å². The molecule has 0 unspecified atom stereocenters. The van der Waals surface area contributed by atoms with Gasteiger partial charge in [0, 0.05) is 21.1 Å². The van der Waals surface area contributed by atoms with Crippen LogP contribution in [0.2, 0.25) is 78.6 Å². The van der Waals surface area contributed by atoms with E-state index < -0.39 is 32.9 Å². The summed E-state index contributed by atoms with van der Waals surface area (Å²) in [6.07, 6.45) is 8.74. The van der Waals surface area contributed by atoms with Crippen molar-refractivity contribution in [1.29, 1.82) is 0 Å². The van der Waals surface area contributed by atoms with E-state index in [0.717, 1.165) is 0 Å². The quantitative estimate of drug-likeness (QED) is 0.143. The standard InChI is InChI=1S/C12H36GeN2Si4.2C6H15P.Pt/c1-16(2,3)14(17(4,5)6)13-15(18(7,8)9)19(10,11)12;2*1-4-7(5-2)6-3;/h1-12H3;2*4-6H2,1-3H3;/p+2. The molecule has 0 atom stereocenters. The van der Waals surface area contributed by atoms with Gasteiger partial charge in [-0.1, -0.05) is 0 Å². The molecule has 0 N–H and O–H groups in total. The first-order valence-electron chi connectivity index (χ1n) is 13.7. The van der Waals surface area contributed by atoms with Crippen LogP contribution in [-0.4, -0.2) is 92.2 Å². The van der Waals surface area contributed by atoms with Crippen molar-refractivity contribution in [1.82, 2.24) is 6.38 Å². The minimum atomic E-state index is -1.19. The Hall–Kier alpha value is 2.88. The summed E-state index contributed by atoms with van der Waals surface area (Å²) in [4.78, 5) is 0. The Bertz CT molecular complexity index is 391. The van der Waals surface area contributed by atoms with E-state index in [1.54, 1.807) is 0 Å². The monoisotopic (exact) mass is 827 g/mol. The SMILES string of the molecule is CC[PH+](CC)CC.CC[PH+](CC)CC.C[Si](C)(C)[N]([Ge][N]([Si](C)(C)C)[Si](C)(C)C)[Si](C)(C)C.[Pt].